The van der Waals surface area contributed by atoms with Crippen LogP contribution in [0.5, 0.6) is 0 Å². The Hall–Kier alpha value is -1.69. The molecule has 0 atom stereocenters. The molecule has 0 radical (unpaired) electrons. The van der Waals surface area contributed by atoms with Crippen LogP contribution in [-0.2, 0) is 7.05 Å². The first-order valence-corrected chi connectivity index (χ1v) is 6.45. The maximum absolute atomic E-state index is 13.5. The SMILES string of the molecule is Cc1cc(Br)c(F)cc1NC(=O)c1cnn(C)c1C. The van der Waals surface area contributed by atoms with Crippen LogP contribution in [0.1, 0.15) is 21.6 Å². The molecular formula is C13H13BrFN3O. The minimum absolute atomic E-state index is 0.296. The molecule has 100 valence electrons. The number of hydrogen-bond acceptors (Lipinski definition) is 2. The summed E-state index contributed by atoms with van der Waals surface area (Å²) >= 11 is 3.11. The smallest absolute Gasteiger partial charge is 0.259 e. The van der Waals surface area contributed by atoms with Crippen LogP contribution in [0.15, 0.2) is 22.8 Å². The number of halogens is 2. The Morgan fingerprint density at radius 3 is 2.68 bits per heavy atom. The lowest BCUT2D eigenvalue weighted by Crippen LogP contribution is -2.14. The minimum Gasteiger partial charge on any atom is -0.322 e. The van der Waals surface area contributed by atoms with Crippen LogP contribution in [0, 0.1) is 19.7 Å². The summed E-state index contributed by atoms with van der Waals surface area (Å²) in [6, 6.07) is 2.92. The maximum Gasteiger partial charge on any atom is 0.259 e. The molecule has 0 spiro atoms. The highest BCUT2D eigenvalue weighted by Crippen LogP contribution is 2.24. The number of amides is 1. The van der Waals surface area contributed by atoms with E-state index in [9.17, 15) is 9.18 Å². The Kier molecular flexibility index (Phi) is 3.71. The quantitative estimate of drug-likeness (QED) is 0.921. The number of aryl methyl sites for hydroxylation is 2. The zero-order valence-electron chi connectivity index (χ0n) is 10.8. The van der Waals surface area contributed by atoms with E-state index in [2.05, 4.69) is 26.3 Å². The van der Waals surface area contributed by atoms with E-state index in [0.29, 0.717) is 15.7 Å². The summed E-state index contributed by atoms with van der Waals surface area (Å²) in [5.41, 5.74) is 2.47. The number of aromatic nitrogens is 2. The first-order chi connectivity index (χ1) is 8.90. The fourth-order valence-corrected chi connectivity index (χ4v) is 2.15. The molecule has 0 unspecified atom stereocenters. The van der Waals surface area contributed by atoms with Gasteiger partial charge in [0.1, 0.15) is 5.82 Å². The second kappa shape index (κ2) is 5.13. The van der Waals surface area contributed by atoms with Gasteiger partial charge in [-0.3, -0.25) is 9.48 Å². The first-order valence-electron chi connectivity index (χ1n) is 5.65. The van der Waals surface area contributed by atoms with Crippen molar-refractivity contribution >= 4 is 27.5 Å². The molecule has 1 aromatic heterocycles. The summed E-state index contributed by atoms with van der Waals surface area (Å²) in [6.45, 7) is 3.60. The van der Waals surface area contributed by atoms with E-state index in [1.807, 2.05) is 0 Å². The maximum atomic E-state index is 13.5. The number of hydrogen-bond donors (Lipinski definition) is 1. The van der Waals surface area contributed by atoms with Gasteiger partial charge in [0.05, 0.1) is 16.2 Å². The molecule has 19 heavy (non-hydrogen) atoms. The molecule has 1 N–H and O–H groups in total. The number of anilines is 1. The average Bonchev–Trinajstić information content (AvgIpc) is 2.67. The van der Waals surface area contributed by atoms with E-state index in [1.54, 1.807) is 31.6 Å². The molecule has 0 fully saturated rings. The van der Waals surface area contributed by atoms with E-state index in [1.165, 1.54) is 12.3 Å². The summed E-state index contributed by atoms with van der Waals surface area (Å²) < 4.78 is 15.5. The molecule has 1 aromatic carbocycles. The largest absolute Gasteiger partial charge is 0.322 e. The molecule has 2 rings (SSSR count). The van der Waals surface area contributed by atoms with Gasteiger partial charge in [0.15, 0.2) is 0 Å². The molecule has 0 saturated heterocycles. The highest BCUT2D eigenvalue weighted by Gasteiger charge is 2.14. The molecular weight excluding hydrogens is 313 g/mol. The Labute approximate surface area is 118 Å². The van der Waals surface area contributed by atoms with Crippen LogP contribution >= 0.6 is 15.9 Å². The van der Waals surface area contributed by atoms with Crippen molar-refractivity contribution in [2.75, 3.05) is 5.32 Å². The average molecular weight is 326 g/mol. The van der Waals surface area contributed by atoms with E-state index in [-0.39, 0.29) is 5.91 Å². The second-order valence-corrected chi connectivity index (χ2v) is 5.16. The van der Waals surface area contributed by atoms with Crippen molar-refractivity contribution in [1.82, 2.24) is 9.78 Å². The van der Waals surface area contributed by atoms with Gasteiger partial charge in [0, 0.05) is 18.4 Å². The summed E-state index contributed by atoms with van der Waals surface area (Å²) in [4.78, 5) is 12.1. The molecule has 6 heteroatoms. The standard InChI is InChI=1S/C13H13BrFN3O/c1-7-4-10(14)11(15)5-12(7)17-13(19)9-6-16-18(3)8(9)2/h4-6H,1-3H3,(H,17,19). The van der Waals surface area contributed by atoms with Crippen molar-refractivity contribution in [3.63, 3.8) is 0 Å². The van der Waals surface area contributed by atoms with Gasteiger partial charge in [0.2, 0.25) is 0 Å². The third kappa shape index (κ3) is 2.68. The molecule has 2 aromatic rings. The monoisotopic (exact) mass is 325 g/mol. The highest BCUT2D eigenvalue weighted by molar-refractivity contribution is 9.10. The van der Waals surface area contributed by atoms with Crippen molar-refractivity contribution in [2.24, 2.45) is 7.05 Å². The van der Waals surface area contributed by atoms with Crippen molar-refractivity contribution in [3.05, 3.63) is 45.4 Å². The predicted molar refractivity (Wildman–Crippen MR) is 74.7 cm³/mol. The van der Waals surface area contributed by atoms with Crippen molar-refractivity contribution in [2.45, 2.75) is 13.8 Å². The van der Waals surface area contributed by atoms with E-state index >= 15 is 0 Å². The Bertz CT molecular complexity index is 652. The Balaban J connectivity index is 2.29. The Morgan fingerprint density at radius 2 is 2.11 bits per heavy atom. The lowest BCUT2D eigenvalue weighted by Gasteiger charge is -2.09. The lowest BCUT2D eigenvalue weighted by molar-refractivity contribution is 0.102. The van der Waals surface area contributed by atoms with Crippen molar-refractivity contribution in [1.29, 1.82) is 0 Å². The molecule has 4 nitrogen and oxygen atoms in total. The molecule has 1 amide bonds. The van der Waals surface area contributed by atoms with Gasteiger partial charge in [0.25, 0.3) is 5.91 Å². The summed E-state index contributed by atoms with van der Waals surface area (Å²) in [5.74, 6) is -0.709. The van der Waals surface area contributed by atoms with Crippen LogP contribution in [0.2, 0.25) is 0 Å². The van der Waals surface area contributed by atoms with Gasteiger partial charge < -0.3 is 5.32 Å². The van der Waals surface area contributed by atoms with Crippen LogP contribution in [0.3, 0.4) is 0 Å². The molecule has 0 aliphatic carbocycles. The molecule has 0 saturated carbocycles. The van der Waals surface area contributed by atoms with Gasteiger partial charge >= 0.3 is 0 Å². The topological polar surface area (TPSA) is 46.9 Å². The number of nitrogens with one attached hydrogen (secondary N) is 1. The summed E-state index contributed by atoms with van der Waals surface area (Å²) in [5, 5.41) is 6.70. The highest BCUT2D eigenvalue weighted by atomic mass is 79.9. The second-order valence-electron chi connectivity index (χ2n) is 4.30. The van der Waals surface area contributed by atoms with E-state index < -0.39 is 5.82 Å². The van der Waals surface area contributed by atoms with E-state index in [4.69, 9.17) is 0 Å². The van der Waals surface area contributed by atoms with Crippen molar-refractivity contribution < 1.29 is 9.18 Å². The number of carbonyl (C=O) groups excluding carboxylic acids is 1. The van der Waals surface area contributed by atoms with E-state index in [0.717, 1.165) is 11.3 Å². The molecule has 0 bridgehead atoms. The van der Waals surface area contributed by atoms with Gasteiger partial charge in [-0.05, 0) is 47.5 Å². The molecule has 0 aliphatic heterocycles. The first kappa shape index (κ1) is 13.7. The summed E-state index contributed by atoms with van der Waals surface area (Å²) in [7, 11) is 1.76. The van der Waals surface area contributed by atoms with Crippen LogP contribution in [0.4, 0.5) is 10.1 Å². The number of rotatable bonds is 2. The van der Waals surface area contributed by atoms with Gasteiger partial charge in [-0.1, -0.05) is 0 Å². The lowest BCUT2D eigenvalue weighted by atomic mass is 10.1. The van der Waals surface area contributed by atoms with Gasteiger partial charge in [-0.25, -0.2) is 4.39 Å². The van der Waals surface area contributed by atoms with Gasteiger partial charge in [-0.2, -0.15) is 5.10 Å². The predicted octanol–water partition coefficient (Wildman–Crippen LogP) is 3.19. The number of benzene rings is 1. The number of carbonyl (C=O) groups is 1. The van der Waals surface area contributed by atoms with Crippen LogP contribution in [0.25, 0.3) is 0 Å². The van der Waals surface area contributed by atoms with Crippen LogP contribution in [-0.4, -0.2) is 15.7 Å². The third-order valence-electron chi connectivity index (χ3n) is 3.00. The molecule has 1 heterocycles. The Morgan fingerprint density at radius 1 is 1.42 bits per heavy atom. The minimum atomic E-state index is -0.413. The van der Waals surface area contributed by atoms with Crippen molar-refractivity contribution in [3.8, 4) is 0 Å². The zero-order valence-corrected chi connectivity index (χ0v) is 12.4. The van der Waals surface area contributed by atoms with Crippen LogP contribution < -0.4 is 5.32 Å². The molecule has 0 aliphatic rings. The normalized spacial score (nSPS) is 10.6. The third-order valence-corrected chi connectivity index (χ3v) is 3.60. The fourth-order valence-electron chi connectivity index (χ4n) is 1.69. The number of nitrogens with zero attached hydrogens (tertiary/aromatic N) is 2. The zero-order chi connectivity index (χ0) is 14.2. The summed E-state index contributed by atoms with van der Waals surface area (Å²) in [6.07, 6.45) is 1.50. The van der Waals surface area contributed by atoms with Gasteiger partial charge in [-0.15, -0.1) is 0 Å². The fraction of sp³-hybridized carbons (Fsp3) is 0.231.